The highest BCUT2D eigenvalue weighted by Gasteiger charge is 2.20. The van der Waals surface area contributed by atoms with Crippen molar-refractivity contribution in [3.05, 3.63) is 140 Å². The third-order valence-electron chi connectivity index (χ3n) is 9.26. The topological polar surface area (TPSA) is 4.41 Å². The van der Waals surface area contributed by atoms with Crippen LogP contribution in [0.15, 0.2) is 140 Å². The Kier molecular flexibility index (Phi) is 3.98. The normalized spacial score (nSPS) is 12.4. The third-order valence-corrected chi connectivity index (χ3v) is 9.26. The van der Waals surface area contributed by atoms with Crippen LogP contribution in [0.25, 0.3) is 92.3 Å². The first-order chi connectivity index (χ1) is 20.3. The van der Waals surface area contributed by atoms with E-state index in [4.69, 9.17) is 0 Å². The number of aromatic nitrogens is 1. The van der Waals surface area contributed by atoms with E-state index in [9.17, 15) is 0 Å². The molecule has 8 aromatic carbocycles. The van der Waals surface area contributed by atoms with Crippen molar-refractivity contribution >= 4 is 81.2 Å². The van der Waals surface area contributed by atoms with Gasteiger partial charge in [0.05, 0.1) is 16.6 Å². The second-order valence-electron chi connectivity index (χ2n) is 11.3. The fraction of sp³-hybridized carbons (Fsp3) is 0. The molecule has 1 heteroatoms. The van der Waals surface area contributed by atoms with Gasteiger partial charge in [0.15, 0.2) is 0 Å². The zero-order valence-electron chi connectivity index (χ0n) is 22.2. The summed E-state index contributed by atoms with van der Waals surface area (Å²) in [6, 6.07) is 51.7. The molecule has 0 aliphatic carbocycles. The van der Waals surface area contributed by atoms with Crippen LogP contribution in [0.5, 0.6) is 0 Å². The lowest BCUT2D eigenvalue weighted by Gasteiger charge is -2.12. The highest BCUT2D eigenvalue weighted by Crippen LogP contribution is 2.44. The number of hydrogen-bond acceptors (Lipinski definition) is 0. The molecule has 0 saturated heterocycles. The summed E-state index contributed by atoms with van der Waals surface area (Å²) < 4.78 is 2.48. The Labute approximate surface area is 235 Å². The van der Waals surface area contributed by atoms with Crippen LogP contribution in [-0.2, 0) is 0 Å². The second kappa shape index (κ2) is 7.62. The standard InChI is InChI=1S/C40H23N/c1-2-10-27-26(9-1)23-36-35-22-25(18-20-38(35)41-37-16-8-7-15-33(37)39(27)40(36)41)24-17-19-32-30-13-4-3-11-28(30)29-12-5-6-14-31(29)34(32)21-24/h1-23H. The summed E-state index contributed by atoms with van der Waals surface area (Å²) >= 11 is 0. The minimum absolute atomic E-state index is 1.25. The lowest BCUT2D eigenvalue weighted by atomic mass is 9.92. The molecule has 0 aliphatic rings. The highest BCUT2D eigenvalue weighted by atomic mass is 14.9. The van der Waals surface area contributed by atoms with E-state index in [0.29, 0.717) is 0 Å². The van der Waals surface area contributed by atoms with Crippen LogP contribution in [-0.4, -0.2) is 4.40 Å². The second-order valence-corrected chi connectivity index (χ2v) is 11.3. The molecule has 0 radical (unpaired) electrons. The Morgan fingerprint density at radius 3 is 1.56 bits per heavy atom. The zero-order chi connectivity index (χ0) is 26.7. The average molecular weight is 518 g/mol. The summed E-state index contributed by atoms with van der Waals surface area (Å²) in [5, 5.41) is 15.8. The fourth-order valence-corrected chi connectivity index (χ4v) is 7.51. The van der Waals surface area contributed by atoms with E-state index >= 15 is 0 Å². The number of rotatable bonds is 1. The molecule has 0 spiro atoms. The van der Waals surface area contributed by atoms with Crippen molar-refractivity contribution in [2.75, 3.05) is 0 Å². The molecule has 188 valence electrons. The molecule has 10 rings (SSSR count). The molecule has 0 fully saturated rings. The summed E-state index contributed by atoms with van der Waals surface area (Å²) in [5.41, 5.74) is 6.37. The summed E-state index contributed by atoms with van der Waals surface area (Å²) in [6.45, 7) is 0. The van der Waals surface area contributed by atoms with Crippen LogP contribution in [0.4, 0.5) is 0 Å². The lowest BCUT2D eigenvalue weighted by Crippen LogP contribution is -1.85. The fourth-order valence-electron chi connectivity index (χ4n) is 7.51. The van der Waals surface area contributed by atoms with E-state index in [-0.39, 0.29) is 0 Å². The molecule has 2 aromatic heterocycles. The van der Waals surface area contributed by atoms with Gasteiger partial charge in [-0.1, -0.05) is 109 Å². The Balaban J connectivity index is 1.31. The van der Waals surface area contributed by atoms with Crippen LogP contribution in [0.3, 0.4) is 0 Å². The van der Waals surface area contributed by atoms with Gasteiger partial charge in [-0.15, -0.1) is 0 Å². The molecular formula is C40H23N. The molecule has 0 saturated carbocycles. The Bertz CT molecular complexity index is 2650. The monoisotopic (exact) mass is 517 g/mol. The first-order valence-electron chi connectivity index (χ1n) is 14.3. The van der Waals surface area contributed by atoms with Crippen molar-refractivity contribution in [3.8, 4) is 11.1 Å². The van der Waals surface area contributed by atoms with Crippen LogP contribution < -0.4 is 0 Å². The van der Waals surface area contributed by atoms with Gasteiger partial charge in [0.2, 0.25) is 0 Å². The molecule has 0 aliphatic heterocycles. The molecule has 0 atom stereocenters. The summed E-state index contributed by atoms with van der Waals surface area (Å²) in [6.07, 6.45) is 0. The van der Waals surface area contributed by atoms with Crippen molar-refractivity contribution < 1.29 is 0 Å². The number of fused-ring (bicyclic) bond motifs is 14. The molecular weight excluding hydrogens is 494 g/mol. The first-order valence-corrected chi connectivity index (χ1v) is 14.3. The van der Waals surface area contributed by atoms with Crippen LogP contribution in [0.2, 0.25) is 0 Å². The van der Waals surface area contributed by atoms with E-state index in [1.165, 1.54) is 92.3 Å². The minimum Gasteiger partial charge on any atom is -0.308 e. The Morgan fingerprint density at radius 1 is 0.317 bits per heavy atom. The molecule has 41 heavy (non-hydrogen) atoms. The van der Waals surface area contributed by atoms with Gasteiger partial charge in [0.1, 0.15) is 0 Å². The third kappa shape index (κ3) is 2.70. The molecule has 1 nitrogen and oxygen atoms in total. The largest absolute Gasteiger partial charge is 0.308 e. The Morgan fingerprint density at radius 2 is 0.829 bits per heavy atom. The van der Waals surface area contributed by atoms with E-state index in [1.807, 2.05) is 0 Å². The van der Waals surface area contributed by atoms with Gasteiger partial charge in [-0.3, -0.25) is 0 Å². The SMILES string of the molecule is c1ccc2c(c1)cc1c3cc(-c4ccc5c6ccccc6c6ccccc6c5c4)ccc3n3c4ccccc4c2c13. The minimum atomic E-state index is 1.25. The highest BCUT2D eigenvalue weighted by molar-refractivity contribution is 6.31. The molecule has 0 amide bonds. The summed E-state index contributed by atoms with van der Waals surface area (Å²) in [5.74, 6) is 0. The van der Waals surface area contributed by atoms with Crippen LogP contribution >= 0.6 is 0 Å². The Hall–Kier alpha value is -5.40. The molecule has 10 aromatic rings. The maximum absolute atomic E-state index is 2.48. The van der Waals surface area contributed by atoms with Gasteiger partial charge in [0.25, 0.3) is 0 Å². The van der Waals surface area contributed by atoms with Gasteiger partial charge in [0, 0.05) is 21.5 Å². The van der Waals surface area contributed by atoms with Gasteiger partial charge < -0.3 is 4.40 Å². The number of para-hydroxylation sites is 1. The van der Waals surface area contributed by atoms with Gasteiger partial charge in [-0.05, 0) is 84.5 Å². The molecule has 0 bridgehead atoms. The van der Waals surface area contributed by atoms with Crippen LogP contribution in [0.1, 0.15) is 0 Å². The zero-order valence-corrected chi connectivity index (χ0v) is 22.2. The van der Waals surface area contributed by atoms with Crippen molar-refractivity contribution in [2.24, 2.45) is 0 Å². The van der Waals surface area contributed by atoms with Crippen molar-refractivity contribution in [1.82, 2.24) is 4.40 Å². The van der Waals surface area contributed by atoms with Crippen molar-refractivity contribution in [3.63, 3.8) is 0 Å². The van der Waals surface area contributed by atoms with E-state index in [2.05, 4.69) is 144 Å². The van der Waals surface area contributed by atoms with E-state index < -0.39 is 0 Å². The predicted molar refractivity (Wildman–Crippen MR) is 177 cm³/mol. The number of hydrogen-bond donors (Lipinski definition) is 0. The predicted octanol–water partition coefficient (Wildman–Crippen LogP) is 11.1. The number of benzene rings is 8. The maximum Gasteiger partial charge on any atom is 0.0626 e. The lowest BCUT2D eigenvalue weighted by molar-refractivity contribution is 1.37. The first kappa shape index (κ1) is 21.4. The van der Waals surface area contributed by atoms with Crippen LogP contribution in [0, 0.1) is 0 Å². The van der Waals surface area contributed by atoms with Gasteiger partial charge in [-0.2, -0.15) is 0 Å². The van der Waals surface area contributed by atoms with Gasteiger partial charge >= 0.3 is 0 Å². The maximum atomic E-state index is 2.48. The number of nitrogens with zero attached hydrogens (tertiary/aromatic N) is 1. The van der Waals surface area contributed by atoms with E-state index in [1.54, 1.807) is 0 Å². The summed E-state index contributed by atoms with van der Waals surface area (Å²) in [7, 11) is 0. The molecule has 2 heterocycles. The molecule has 0 unspecified atom stereocenters. The quantitative estimate of drug-likeness (QED) is 0.191. The average Bonchev–Trinajstić information content (AvgIpc) is 3.56. The van der Waals surface area contributed by atoms with Gasteiger partial charge in [-0.25, -0.2) is 0 Å². The van der Waals surface area contributed by atoms with Crippen molar-refractivity contribution in [1.29, 1.82) is 0 Å². The molecule has 0 N–H and O–H groups in total. The van der Waals surface area contributed by atoms with E-state index in [0.717, 1.165) is 0 Å². The smallest absolute Gasteiger partial charge is 0.0626 e. The summed E-state index contributed by atoms with van der Waals surface area (Å²) in [4.78, 5) is 0. The van der Waals surface area contributed by atoms with Crippen molar-refractivity contribution in [2.45, 2.75) is 0 Å².